The van der Waals surface area contributed by atoms with Gasteiger partial charge in [-0.15, -0.1) is 0 Å². The molecule has 2 aromatic carbocycles. The van der Waals surface area contributed by atoms with Gasteiger partial charge in [0.1, 0.15) is 6.29 Å². The smallest absolute Gasteiger partial charge is 0.227 e. The number of rotatable bonds is 5. The van der Waals surface area contributed by atoms with E-state index in [1.165, 1.54) is 0 Å². The van der Waals surface area contributed by atoms with E-state index < -0.39 is 0 Å². The number of benzene rings is 2. The first-order chi connectivity index (χ1) is 12.6. The zero-order valence-electron chi connectivity index (χ0n) is 14.9. The number of nitrogens with one attached hydrogen (secondary N) is 1. The summed E-state index contributed by atoms with van der Waals surface area (Å²) >= 11 is 3.48. The van der Waals surface area contributed by atoms with Crippen LogP contribution in [0.1, 0.15) is 35.7 Å². The van der Waals surface area contributed by atoms with Gasteiger partial charge < -0.3 is 10.2 Å². The second-order valence-electron chi connectivity index (χ2n) is 6.61. The molecule has 0 bridgehead atoms. The van der Waals surface area contributed by atoms with Crippen LogP contribution < -0.4 is 10.2 Å². The maximum absolute atomic E-state index is 12.7. The van der Waals surface area contributed by atoms with Crippen molar-refractivity contribution in [3.05, 3.63) is 58.1 Å². The molecular weight excluding hydrogens is 392 g/mol. The molecule has 0 spiro atoms. The Morgan fingerprint density at radius 2 is 1.88 bits per heavy atom. The van der Waals surface area contributed by atoms with Gasteiger partial charge in [0.25, 0.3) is 0 Å². The summed E-state index contributed by atoms with van der Waals surface area (Å²) < 4.78 is 1.03. The lowest BCUT2D eigenvalue weighted by Crippen LogP contribution is -2.38. The SMILES string of the molecule is CCc1cc(Br)ccc1NC(=O)C1CCN(c2ccc(C=O)cc2)CC1. The van der Waals surface area contributed by atoms with Crippen molar-refractivity contribution in [3.8, 4) is 0 Å². The van der Waals surface area contributed by atoms with Crippen LogP contribution in [-0.2, 0) is 11.2 Å². The van der Waals surface area contributed by atoms with Gasteiger partial charge >= 0.3 is 0 Å². The molecule has 3 rings (SSSR count). The second kappa shape index (κ2) is 8.49. The first-order valence-corrected chi connectivity index (χ1v) is 9.79. The van der Waals surface area contributed by atoms with E-state index >= 15 is 0 Å². The molecule has 0 aromatic heterocycles. The lowest BCUT2D eigenvalue weighted by Gasteiger charge is -2.33. The van der Waals surface area contributed by atoms with Crippen molar-refractivity contribution in [1.82, 2.24) is 0 Å². The molecule has 1 amide bonds. The van der Waals surface area contributed by atoms with E-state index in [1.807, 2.05) is 36.4 Å². The summed E-state index contributed by atoms with van der Waals surface area (Å²) in [6.07, 6.45) is 3.40. The highest BCUT2D eigenvalue weighted by Gasteiger charge is 2.25. The number of anilines is 2. The molecule has 1 fully saturated rings. The lowest BCUT2D eigenvalue weighted by molar-refractivity contribution is -0.120. The van der Waals surface area contributed by atoms with Crippen molar-refractivity contribution in [2.45, 2.75) is 26.2 Å². The molecule has 0 atom stereocenters. The summed E-state index contributed by atoms with van der Waals surface area (Å²) in [5.41, 5.74) is 3.84. The Balaban J connectivity index is 1.59. The number of aldehydes is 1. The van der Waals surface area contributed by atoms with Crippen molar-refractivity contribution in [2.24, 2.45) is 5.92 Å². The number of amides is 1. The summed E-state index contributed by atoms with van der Waals surface area (Å²) in [6, 6.07) is 13.6. The van der Waals surface area contributed by atoms with Gasteiger partial charge in [-0.2, -0.15) is 0 Å². The molecule has 2 aromatic rings. The predicted molar refractivity (Wildman–Crippen MR) is 109 cm³/mol. The number of nitrogens with zero attached hydrogens (tertiary/aromatic N) is 1. The van der Waals surface area contributed by atoms with Crippen LogP contribution in [0.2, 0.25) is 0 Å². The van der Waals surface area contributed by atoms with Crippen LogP contribution in [0.4, 0.5) is 11.4 Å². The van der Waals surface area contributed by atoms with E-state index in [1.54, 1.807) is 0 Å². The Bertz CT molecular complexity index is 781. The van der Waals surface area contributed by atoms with Crippen molar-refractivity contribution in [1.29, 1.82) is 0 Å². The average Bonchev–Trinajstić information content (AvgIpc) is 2.69. The Hall–Kier alpha value is -2.14. The van der Waals surface area contributed by atoms with Crippen molar-refractivity contribution in [3.63, 3.8) is 0 Å². The van der Waals surface area contributed by atoms with E-state index in [4.69, 9.17) is 0 Å². The van der Waals surface area contributed by atoms with Crippen molar-refractivity contribution >= 4 is 39.5 Å². The molecule has 0 radical (unpaired) electrons. The number of hydrogen-bond acceptors (Lipinski definition) is 3. The fourth-order valence-electron chi connectivity index (χ4n) is 3.38. The molecule has 1 saturated heterocycles. The molecule has 0 aliphatic carbocycles. The Kier molecular flexibility index (Phi) is 6.09. The number of hydrogen-bond donors (Lipinski definition) is 1. The highest BCUT2D eigenvalue weighted by atomic mass is 79.9. The summed E-state index contributed by atoms with van der Waals surface area (Å²) in [5, 5.41) is 3.11. The van der Waals surface area contributed by atoms with Crippen molar-refractivity contribution in [2.75, 3.05) is 23.3 Å². The number of halogens is 1. The molecule has 1 N–H and O–H groups in total. The topological polar surface area (TPSA) is 49.4 Å². The van der Waals surface area contributed by atoms with Crippen LogP contribution in [0, 0.1) is 5.92 Å². The third-order valence-corrected chi connectivity index (χ3v) is 5.46. The highest BCUT2D eigenvalue weighted by molar-refractivity contribution is 9.10. The third-order valence-electron chi connectivity index (χ3n) is 4.97. The zero-order valence-corrected chi connectivity index (χ0v) is 16.5. The van der Waals surface area contributed by atoms with E-state index in [-0.39, 0.29) is 11.8 Å². The van der Waals surface area contributed by atoms with Crippen LogP contribution in [0.15, 0.2) is 46.9 Å². The van der Waals surface area contributed by atoms with Crippen molar-refractivity contribution < 1.29 is 9.59 Å². The first-order valence-electron chi connectivity index (χ1n) is 9.00. The molecule has 1 aliphatic rings. The minimum absolute atomic E-state index is 0.0360. The van der Waals surface area contributed by atoms with Crippen LogP contribution in [0.25, 0.3) is 0 Å². The number of aryl methyl sites for hydroxylation is 1. The van der Waals surface area contributed by atoms with Gasteiger partial charge in [-0.3, -0.25) is 9.59 Å². The summed E-state index contributed by atoms with van der Waals surface area (Å²) in [7, 11) is 0. The summed E-state index contributed by atoms with van der Waals surface area (Å²) in [5.74, 6) is 0.145. The fraction of sp³-hybridized carbons (Fsp3) is 0.333. The highest BCUT2D eigenvalue weighted by Crippen LogP contribution is 2.26. The molecule has 0 saturated carbocycles. The molecule has 136 valence electrons. The molecule has 5 heteroatoms. The predicted octanol–water partition coefficient (Wildman–Crippen LogP) is 4.68. The Labute approximate surface area is 162 Å². The standard InChI is InChI=1S/C21H23BrN2O2/c1-2-16-13-18(22)5-8-20(16)23-21(26)17-9-11-24(12-10-17)19-6-3-15(14-25)4-7-19/h3-8,13-14,17H,2,9-12H2,1H3,(H,23,26). The van der Waals surface area contributed by atoms with Gasteiger partial charge in [0.05, 0.1) is 0 Å². The second-order valence-corrected chi connectivity index (χ2v) is 7.53. The lowest BCUT2D eigenvalue weighted by atomic mass is 9.95. The van der Waals surface area contributed by atoms with E-state index in [0.29, 0.717) is 5.56 Å². The van der Waals surface area contributed by atoms with Crippen LogP contribution in [-0.4, -0.2) is 25.3 Å². The van der Waals surface area contributed by atoms with Crippen LogP contribution >= 0.6 is 15.9 Å². The van der Waals surface area contributed by atoms with Gasteiger partial charge in [0, 0.05) is 40.4 Å². The normalized spacial score (nSPS) is 14.9. The number of carbonyl (C=O) groups is 2. The maximum Gasteiger partial charge on any atom is 0.227 e. The van der Waals surface area contributed by atoms with E-state index in [2.05, 4.69) is 39.1 Å². The minimum atomic E-state index is 0.0360. The largest absolute Gasteiger partial charge is 0.371 e. The Morgan fingerprint density at radius 3 is 2.50 bits per heavy atom. The summed E-state index contributed by atoms with van der Waals surface area (Å²) in [4.78, 5) is 25.7. The molecule has 4 nitrogen and oxygen atoms in total. The van der Waals surface area contributed by atoms with Gasteiger partial charge in [0.15, 0.2) is 0 Å². The van der Waals surface area contributed by atoms with Crippen LogP contribution in [0.3, 0.4) is 0 Å². The molecule has 1 aliphatic heterocycles. The maximum atomic E-state index is 12.7. The quantitative estimate of drug-likeness (QED) is 0.722. The third kappa shape index (κ3) is 4.33. The van der Waals surface area contributed by atoms with Crippen LogP contribution in [0.5, 0.6) is 0 Å². The monoisotopic (exact) mass is 414 g/mol. The van der Waals surface area contributed by atoms with E-state index in [0.717, 1.165) is 60.0 Å². The molecule has 26 heavy (non-hydrogen) atoms. The average molecular weight is 415 g/mol. The van der Waals surface area contributed by atoms with E-state index in [9.17, 15) is 9.59 Å². The molecular formula is C21H23BrN2O2. The van der Waals surface area contributed by atoms with Gasteiger partial charge in [-0.25, -0.2) is 0 Å². The number of piperidine rings is 1. The Morgan fingerprint density at radius 1 is 1.19 bits per heavy atom. The number of carbonyl (C=O) groups excluding carboxylic acids is 2. The first kappa shape index (κ1) is 18.6. The summed E-state index contributed by atoms with van der Waals surface area (Å²) in [6.45, 7) is 3.78. The molecule has 1 heterocycles. The van der Waals surface area contributed by atoms with Gasteiger partial charge in [-0.1, -0.05) is 22.9 Å². The van der Waals surface area contributed by atoms with Gasteiger partial charge in [-0.05, 0) is 67.3 Å². The zero-order chi connectivity index (χ0) is 18.5. The molecule has 0 unspecified atom stereocenters. The van der Waals surface area contributed by atoms with Gasteiger partial charge in [0.2, 0.25) is 5.91 Å². The fourth-order valence-corrected chi connectivity index (χ4v) is 3.78. The minimum Gasteiger partial charge on any atom is -0.371 e.